The summed E-state index contributed by atoms with van der Waals surface area (Å²) in [6.45, 7) is 4.51. The molecular formula is C14H29N3O. The van der Waals surface area contributed by atoms with Gasteiger partial charge >= 0.3 is 0 Å². The summed E-state index contributed by atoms with van der Waals surface area (Å²) in [6.07, 6.45) is 7.25. The van der Waals surface area contributed by atoms with Crippen LogP contribution < -0.4 is 5.32 Å². The topological polar surface area (TPSA) is 35.6 Å². The van der Waals surface area contributed by atoms with E-state index >= 15 is 0 Å². The Kier molecular flexibility index (Phi) is 8.01. The van der Waals surface area contributed by atoms with Crippen molar-refractivity contribution in [3.63, 3.8) is 0 Å². The quantitative estimate of drug-likeness (QED) is 0.697. The van der Waals surface area contributed by atoms with Gasteiger partial charge in [0.25, 0.3) is 0 Å². The SMILES string of the molecule is CN(C)CCCCNCC(=O)N1CCCCCC1. The molecule has 1 rings (SSSR count). The normalized spacial score (nSPS) is 16.9. The first-order valence-electron chi connectivity index (χ1n) is 7.33. The molecule has 4 heteroatoms. The zero-order valence-electron chi connectivity index (χ0n) is 12.1. The molecule has 0 aromatic carbocycles. The summed E-state index contributed by atoms with van der Waals surface area (Å²) in [6, 6.07) is 0. The first-order valence-corrected chi connectivity index (χ1v) is 7.33. The van der Waals surface area contributed by atoms with E-state index in [-0.39, 0.29) is 5.91 Å². The van der Waals surface area contributed by atoms with Crippen molar-refractivity contribution < 1.29 is 4.79 Å². The highest BCUT2D eigenvalue weighted by Gasteiger charge is 2.14. The number of hydrogen-bond acceptors (Lipinski definition) is 3. The van der Waals surface area contributed by atoms with Gasteiger partial charge in [-0.15, -0.1) is 0 Å². The van der Waals surface area contributed by atoms with E-state index in [0.29, 0.717) is 6.54 Å². The molecule has 4 nitrogen and oxygen atoms in total. The Morgan fingerprint density at radius 2 is 1.78 bits per heavy atom. The molecular weight excluding hydrogens is 226 g/mol. The number of carbonyl (C=O) groups is 1. The second-order valence-electron chi connectivity index (χ2n) is 5.48. The summed E-state index contributed by atoms with van der Waals surface area (Å²) in [7, 11) is 4.19. The fourth-order valence-corrected chi connectivity index (χ4v) is 2.31. The lowest BCUT2D eigenvalue weighted by molar-refractivity contribution is -0.130. The molecule has 0 aromatic heterocycles. The molecule has 18 heavy (non-hydrogen) atoms. The van der Waals surface area contributed by atoms with E-state index in [2.05, 4.69) is 24.3 Å². The van der Waals surface area contributed by atoms with Crippen molar-refractivity contribution in [2.24, 2.45) is 0 Å². The molecule has 0 atom stereocenters. The van der Waals surface area contributed by atoms with Gasteiger partial charge < -0.3 is 15.1 Å². The van der Waals surface area contributed by atoms with Gasteiger partial charge in [0.1, 0.15) is 0 Å². The van der Waals surface area contributed by atoms with E-state index in [1.54, 1.807) is 0 Å². The van der Waals surface area contributed by atoms with Crippen LogP contribution in [-0.4, -0.2) is 62.5 Å². The fourth-order valence-electron chi connectivity index (χ4n) is 2.31. The van der Waals surface area contributed by atoms with Crippen molar-refractivity contribution >= 4 is 5.91 Å². The van der Waals surface area contributed by atoms with E-state index in [4.69, 9.17) is 0 Å². The third-order valence-corrected chi connectivity index (χ3v) is 3.44. The van der Waals surface area contributed by atoms with Crippen molar-refractivity contribution in [2.75, 3.05) is 46.8 Å². The van der Waals surface area contributed by atoms with E-state index in [9.17, 15) is 4.79 Å². The molecule has 1 aliphatic heterocycles. The largest absolute Gasteiger partial charge is 0.342 e. The number of unbranched alkanes of at least 4 members (excludes halogenated alkanes) is 1. The number of hydrogen-bond donors (Lipinski definition) is 1. The molecule has 106 valence electrons. The average molecular weight is 255 g/mol. The molecule has 1 aliphatic rings. The molecule has 0 unspecified atom stereocenters. The van der Waals surface area contributed by atoms with Crippen LogP contribution in [-0.2, 0) is 4.79 Å². The van der Waals surface area contributed by atoms with Crippen LogP contribution in [0.2, 0.25) is 0 Å². The van der Waals surface area contributed by atoms with Crippen LogP contribution >= 0.6 is 0 Å². The molecule has 1 heterocycles. The molecule has 1 N–H and O–H groups in total. The van der Waals surface area contributed by atoms with E-state index < -0.39 is 0 Å². The van der Waals surface area contributed by atoms with Crippen LogP contribution in [0.5, 0.6) is 0 Å². The van der Waals surface area contributed by atoms with Crippen LogP contribution in [0, 0.1) is 0 Å². The van der Waals surface area contributed by atoms with Gasteiger partial charge in [-0.2, -0.15) is 0 Å². The summed E-state index contributed by atoms with van der Waals surface area (Å²) in [4.78, 5) is 16.2. The van der Waals surface area contributed by atoms with Crippen molar-refractivity contribution in [3.8, 4) is 0 Å². The number of likely N-dealkylation sites (tertiary alicyclic amines) is 1. The Hall–Kier alpha value is -0.610. The minimum Gasteiger partial charge on any atom is -0.342 e. The minimum absolute atomic E-state index is 0.282. The second-order valence-corrected chi connectivity index (χ2v) is 5.48. The number of nitrogens with zero attached hydrogens (tertiary/aromatic N) is 2. The lowest BCUT2D eigenvalue weighted by atomic mass is 10.2. The molecule has 0 aliphatic carbocycles. The van der Waals surface area contributed by atoms with E-state index in [1.807, 2.05) is 4.90 Å². The zero-order chi connectivity index (χ0) is 13.2. The number of nitrogens with one attached hydrogen (secondary N) is 1. The van der Waals surface area contributed by atoms with Crippen molar-refractivity contribution in [3.05, 3.63) is 0 Å². The monoisotopic (exact) mass is 255 g/mol. The Labute approximate surface area is 112 Å². The van der Waals surface area contributed by atoms with Gasteiger partial charge in [0.2, 0.25) is 5.91 Å². The Bertz CT molecular complexity index is 223. The van der Waals surface area contributed by atoms with Crippen LogP contribution in [0.3, 0.4) is 0 Å². The lowest BCUT2D eigenvalue weighted by Gasteiger charge is -2.20. The van der Waals surface area contributed by atoms with Gasteiger partial charge in [0.15, 0.2) is 0 Å². The van der Waals surface area contributed by atoms with Gasteiger partial charge in [-0.3, -0.25) is 4.79 Å². The summed E-state index contributed by atoms with van der Waals surface area (Å²) < 4.78 is 0. The molecule has 1 amide bonds. The zero-order valence-corrected chi connectivity index (χ0v) is 12.1. The van der Waals surface area contributed by atoms with Crippen molar-refractivity contribution in [1.29, 1.82) is 0 Å². The third kappa shape index (κ3) is 6.97. The molecule has 0 spiro atoms. The van der Waals surface area contributed by atoms with Gasteiger partial charge in [-0.1, -0.05) is 12.8 Å². The molecule has 0 bridgehead atoms. The maximum absolute atomic E-state index is 11.9. The summed E-state index contributed by atoms with van der Waals surface area (Å²) in [5.41, 5.74) is 0. The van der Waals surface area contributed by atoms with Crippen LogP contribution in [0.1, 0.15) is 38.5 Å². The highest BCUT2D eigenvalue weighted by atomic mass is 16.2. The first-order chi connectivity index (χ1) is 8.70. The van der Waals surface area contributed by atoms with Crippen LogP contribution in [0.4, 0.5) is 0 Å². The number of carbonyl (C=O) groups excluding carboxylic acids is 1. The second kappa shape index (κ2) is 9.34. The summed E-state index contributed by atoms with van der Waals surface area (Å²) in [5.74, 6) is 0.282. The van der Waals surface area contributed by atoms with Gasteiger partial charge in [0.05, 0.1) is 6.54 Å². The fraction of sp³-hybridized carbons (Fsp3) is 0.929. The molecule has 0 saturated carbocycles. The van der Waals surface area contributed by atoms with E-state index in [0.717, 1.165) is 32.6 Å². The lowest BCUT2D eigenvalue weighted by Crippen LogP contribution is -2.39. The Morgan fingerprint density at radius 3 is 2.39 bits per heavy atom. The highest BCUT2D eigenvalue weighted by Crippen LogP contribution is 2.09. The van der Waals surface area contributed by atoms with Gasteiger partial charge in [0, 0.05) is 13.1 Å². The van der Waals surface area contributed by atoms with Gasteiger partial charge in [-0.05, 0) is 52.9 Å². The standard InChI is InChI=1S/C14H29N3O/c1-16(2)10-8-5-9-15-13-14(18)17-11-6-3-4-7-12-17/h15H,3-13H2,1-2H3. The maximum Gasteiger partial charge on any atom is 0.236 e. The van der Waals surface area contributed by atoms with Crippen molar-refractivity contribution in [2.45, 2.75) is 38.5 Å². The maximum atomic E-state index is 11.9. The molecule has 1 fully saturated rings. The Balaban J connectivity index is 2.02. The van der Waals surface area contributed by atoms with Crippen LogP contribution in [0.15, 0.2) is 0 Å². The number of rotatable bonds is 7. The predicted octanol–water partition coefficient (Wildman–Crippen LogP) is 1.32. The Morgan fingerprint density at radius 1 is 1.11 bits per heavy atom. The molecule has 0 aromatic rings. The van der Waals surface area contributed by atoms with Crippen molar-refractivity contribution in [1.82, 2.24) is 15.1 Å². The smallest absolute Gasteiger partial charge is 0.236 e. The van der Waals surface area contributed by atoms with Gasteiger partial charge in [-0.25, -0.2) is 0 Å². The third-order valence-electron chi connectivity index (χ3n) is 3.44. The summed E-state index contributed by atoms with van der Waals surface area (Å²) >= 11 is 0. The molecule has 1 saturated heterocycles. The molecule has 0 radical (unpaired) electrons. The minimum atomic E-state index is 0.282. The highest BCUT2D eigenvalue weighted by molar-refractivity contribution is 5.78. The number of amides is 1. The average Bonchev–Trinajstić information content (AvgIpc) is 2.61. The summed E-state index contributed by atoms with van der Waals surface area (Å²) in [5, 5.41) is 3.27. The predicted molar refractivity (Wildman–Crippen MR) is 75.7 cm³/mol. The van der Waals surface area contributed by atoms with Crippen LogP contribution in [0.25, 0.3) is 0 Å². The first kappa shape index (κ1) is 15.4. The van der Waals surface area contributed by atoms with E-state index in [1.165, 1.54) is 32.1 Å².